The predicted molar refractivity (Wildman–Crippen MR) is 77.7 cm³/mol. The molecule has 0 aromatic carbocycles. The first kappa shape index (κ1) is 15.3. The lowest BCUT2D eigenvalue weighted by atomic mass is 10.4. The molecule has 2 aromatic heterocycles. The van der Waals surface area contributed by atoms with E-state index in [2.05, 4.69) is 35.6 Å². The number of pyridine rings is 1. The zero-order valence-corrected chi connectivity index (χ0v) is 13.5. The fourth-order valence-corrected chi connectivity index (χ4v) is 3.38. The van der Waals surface area contributed by atoms with E-state index in [-0.39, 0.29) is 16.6 Å². The van der Waals surface area contributed by atoms with E-state index in [1.807, 2.05) is 0 Å². The number of aryl methyl sites for hydroxylation is 1. The SMILES string of the molecule is Cc1nccc(CNS(=O)(=O)c2cc(Br)cnc2Cl)n1. The molecule has 2 rings (SSSR count). The molecule has 0 aliphatic carbocycles. The van der Waals surface area contributed by atoms with Crippen LogP contribution in [0.4, 0.5) is 0 Å². The van der Waals surface area contributed by atoms with Crippen molar-refractivity contribution in [2.45, 2.75) is 18.4 Å². The van der Waals surface area contributed by atoms with E-state index in [9.17, 15) is 8.42 Å². The molecule has 0 radical (unpaired) electrons. The molecule has 1 N–H and O–H groups in total. The Hall–Kier alpha value is -1.09. The number of nitrogens with one attached hydrogen (secondary N) is 1. The van der Waals surface area contributed by atoms with Crippen molar-refractivity contribution in [3.8, 4) is 0 Å². The third kappa shape index (κ3) is 3.72. The number of aromatic nitrogens is 3. The predicted octanol–water partition coefficient (Wildman–Crippen LogP) is 2.07. The normalized spacial score (nSPS) is 11.6. The van der Waals surface area contributed by atoms with Gasteiger partial charge in [0.1, 0.15) is 15.9 Å². The zero-order valence-electron chi connectivity index (χ0n) is 10.3. The Kier molecular flexibility index (Phi) is 4.69. The van der Waals surface area contributed by atoms with Crippen LogP contribution >= 0.6 is 27.5 Å². The maximum Gasteiger partial charge on any atom is 0.244 e. The third-order valence-corrected chi connectivity index (χ3v) is 4.60. The molecular weight excluding hydrogens is 368 g/mol. The van der Waals surface area contributed by atoms with Crippen LogP contribution in [0, 0.1) is 6.92 Å². The van der Waals surface area contributed by atoms with Crippen molar-refractivity contribution in [3.63, 3.8) is 0 Å². The molecule has 0 atom stereocenters. The summed E-state index contributed by atoms with van der Waals surface area (Å²) in [6.07, 6.45) is 2.99. The maximum atomic E-state index is 12.2. The van der Waals surface area contributed by atoms with E-state index in [1.54, 1.807) is 19.2 Å². The van der Waals surface area contributed by atoms with Gasteiger partial charge in [-0.2, -0.15) is 0 Å². The van der Waals surface area contributed by atoms with Crippen molar-refractivity contribution < 1.29 is 8.42 Å². The van der Waals surface area contributed by atoms with Crippen LogP contribution in [0.15, 0.2) is 33.9 Å². The van der Waals surface area contributed by atoms with Crippen LogP contribution in [0.3, 0.4) is 0 Å². The number of hydrogen-bond acceptors (Lipinski definition) is 5. The van der Waals surface area contributed by atoms with E-state index < -0.39 is 10.0 Å². The highest BCUT2D eigenvalue weighted by Gasteiger charge is 2.19. The fourth-order valence-electron chi connectivity index (χ4n) is 1.44. The summed E-state index contributed by atoms with van der Waals surface area (Å²) in [4.78, 5) is 11.8. The Bertz CT molecular complexity index is 739. The molecule has 20 heavy (non-hydrogen) atoms. The van der Waals surface area contributed by atoms with Crippen LogP contribution < -0.4 is 4.72 Å². The minimum Gasteiger partial charge on any atom is -0.242 e. The van der Waals surface area contributed by atoms with Crippen LogP contribution in [0.1, 0.15) is 11.5 Å². The monoisotopic (exact) mass is 376 g/mol. The van der Waals surface area contributed by atoms with Crippen LogP contribution in [0.25, 0.3) is 0 Å². The second-order valence-corrected chi connectivity index (χ2v) is 6.87. The van der Waals surface area contributed by atoms with Crippen molar-refractivity contribution in [1.29, 1.82) is 0 Å². The second-order valence-electron chi connectivity index (χ2n) is 3.86. The van der Waals surface area contributed by atoms with E-state index in [0.29, 0.717) is 16.0 Å². The third-order valence-electron chi connectivity index (χ3n) is 2.34. The number of nitrogens with zero attached hydrogens (tertiary/aromatic N) is 3. The van der Waals surface area contributed by atoms with Crippen molar-refractivity contribution in [1.82, 2.24) is 19.7 Å². The van der Waals surface area contributed by atoms with Crippen LogP contribution in [-0.4, -0.2) is 23.4 Å². The van der Waals surface area contributed by atoms with Crippen molar-refractivity contribution >= 4 is 37.6 Å². The Labute approximate surface area is 129 Å². The molecule has 0 saturated carbocycles. The van der Waals surface area contributed by atoms with Gasteiger partial charge < -0.3 is 0 Å². The summed E-state index contributed by atoms with van der Waals surface area (Å²) < 4.78 is 27.3. The van der Waals surface area contributed by atoms with E-state index in [0.717, 1.165) is 0 Å². The van der Waals surface area contributed by atoms with E-state index in [4.69, 9.17) is 11.6 Å². The van der Waals surface area contributed by atoms with E-state index >= 15 is 0 Å². The highest BCUT2D eigenvalue weighted by atomic mass is 79.9. The van der Waals surface area contributed by atoms with Crippen molar-refractivity contribution in [2.24, 2.45) is 0 Å². The minimum absolute atomic E-state index is 0.0501. The van der Waals surface area contributed by atoms with Crippen LogP contribution in [0.5, 0.6) is 0 Å². The van der Waals surface area contributed by atoms with Gasteiger partial charge in [0.15, 0.2) is 0 Å². The molecule has 0 amide bonds. The van der Waals surface area contributed by atoms with Gasteiger partial charge in [-0.3, -0.25) is 0 Å². The molecule has 0 spiro atoms. The number of hydrogen-bond donors (Lipinski definition) is 1. The van der Waals surface area contributed by atoms with Crippen molar-refractivity contribution in [3.05, 3.63) is 45.7 Å². The molecular formula is C11H10BrClN4O2S. The highest BCUT2D eigenvalue weighted by Crippen LogP contribution is 2.22. The molecule has 6 nitrogen and oxygen atoms in total. The Balaban J connectivity index is 2.21. The summed E-state index contributed by atoms with van der Waals surface area (Å²) in [5.74, 6) is 0.573. The zero-order chi connectivity index (χ0) is 14.8. The maximum absolute atomic E-state index is 12.2. The molecule has 2 heterocycles. The van der Waals surface area contributed by atoms with Gasteiger partial charge in [0.25, 0.3) is 0 Å². The molecule has 0 saturated heterocycles. The van der Waals surface area contributed by atoms with Gasteiger partial charge in [0.2, 0.25) is 10.0 Å². The van der Waals surface area contributed by atoms with Crippen LogP contribution in [-0.2, 0) is 16.6 Å². The quantitative estimate of drug-likeness (QED) is 0.825. The molecule has 0 aliphatic heterocycles. The lowest BCUT2D eigenvalue weighted by molar-refractivity contribution is 0.579. The van der Waals surface area contributed by atoms with Gasteiger partial charge in [-0.1, -0.05) is 11.6 Å². The first-order valence-electron chi connectivity index (χ1n) is 5.48. The van der Waals surface area contributed by atoms with Gasteiger partial charge in [-0.15, -0.1) is 0 Å². The molecule has 0 fully saturated rings. The topological polar surface area (TPSA) is 84.8 Å². The van der Waals surface area contributed by atoms with Gasteiger partial charge in [0.05, 0.1) is 12.2 Å². The molecule has 0 bridgehead atoms. The average Bonchev–Trinajstić information content (AvgIpc) is 2.39. The summed E-state index contributed by atoms with van der Waals surface area (Å²) in [6.45, 7) is 1.78. The number of rotatable bonds is 4. The summed E-state index contributed by atoms with van der Waals surface area (Å²) >= 11 is 8.97. The molecule has 2 aromatic rings. The lowest BCUT2D eigenvalue weighted by Gasteiger charge is -2.08. The number of halogens is 2. The Morgan fingerprint density at radius 1 is 1.40 bits per heavy atom. The first-order chi connectivity index (χ1) is 9.38. The fraction of sp³-hybridized carbons (Fsp3) is 0.182. The smallest absolute Gasteiger partial charge is 0.242 e. The summed E-state index contributed by atoms with van der Waals surface area (Å²) in [6, 6.07) is 3.03. The standard InChI is InChI=1S/C11H10BrClN4O2S/c1-7-14-3-2-9(17-7)6-16-20(18,19)10-4-8(12)5-15-11(10)13/h2-5,16H,6H2,1H3. The first-order valence-corrected chi connectivity index (χ1v) is 8.13. The van der Waals surface area contributed by atoms with Gasteiger partial charge in [-0.25, -0.2) is 28.1 Å². The highest BCUT2D eigenvalue weighted by molar-refractivity contribution is 9.10. The minimum atomic E-state index is -3.76. The summed E-state index contributed by atoms with van der Waals surface area (Å²) in [5.41, 5.74) is 0.570. The number of sulfonamides is 1. The summed E-state index contributed by atoms with van der Waals surface area (Å²) in [5, 5.41) is -0.0837. The van der Waals surface area contributed by atoms with Gasteiger partial charge in [0, 0.05) is 16.9 Å². The molecule has 0 unspecified atom stereocenters. The van der Waals surface area contributed by atoms with Crippen molar-refractivity contribution in [2.75, 3.05) is 0 Å². The summed E-state index contributed by atoms with van der Waals surface area (Å²) in [7, 11) is -3.76. The average molecular weight is 378 g/mol. The Morgan fingerprint density at radius 3 is 2.85 bits per heavy atom. The lowest BCUT2D eigenvalue weighted by Crippen LogP contribution is -2.24. The Morgan fingerprint density at radius 2 is 2.15 bits per heavy atom. The molecule has 106 valence electrons. The largest absolute Gasteiger partial charge is 0.244 e. The molecule has 9 heteroatoms. The molecule has 0 aliphatic rings. The van der Waals surface area contributed by atoms with E-state index in [1.165, 1.54) is 12.3 Å². The van der Waals surface area contributed by atoms with Gasteiger partial charge >= 0.3 is 0 Å². The van der Waals surface area contributed by atoms with Crippen LogP contribution in [0.2, 0.25) is 5.15 Å². The second kappa shape index (κ2) is 6.13. The van der Waals surface area contributed by atoms with Gasteiger partial charge in [-0.05, 0) is 35.0 Å².